The second kappa shape index (κ2) is 1.22. The van der Waals surface area contributed by atoms with Gasteiger partial charge in [-0.3, -0.25) is 4.79 Å². The van der Waals surface area contributed by atoms with Gasteiger partial charge in [0.15, 0.2) is 0 Å². The molecule has 1 amide bonds. The van der Waals surface area contributed by atoms with Crippen molar-refractivity contribution >= 4 is 17.5 Å². The number of hydrogen-bond donors (Lipinski definition) is 1. The van der Waals surface area contributed by atoms with Crippen molar-refractivity contribution in [2.24, 2.45) is 29.6 Å². The van der Waals surface area contributed by atoms with Crippen molar-refractivity contribution in [1.82, 2.24) is 5.32 Å². The van der Waals surface area contributed by atoms with Crippen molar-refractivity contribution < 1.29 is 4.79 Å². The van der Waals surface area contributed by atoms with E-state index in [-0.39, 0.29) is 5.91 Å². The zero-order valence-electron chi connectivity index (χ0n) is 5.83. The highest BCUT2D eigenvalue weighted by Gasteiger charge is 2.82. The Labute approximate surface area is 69.3 Å². The van der Waals surface area contributed by atoms with Crippen LogP contribution in [0.4, 0.5) is 0 Å². The van der Waals surface area contributed by atoms with E-state index in [1.807, 2.05) is 0 Å². The maximum absolute atomic E-state index is 11.3. The van der Waals surface area contributed by atoms with Crippen LogP contribution in [0.25, 0.3) is 0 Å². The molecule has 0 radical (unpaired) electrons. The van der Waals surface area contributed by atoms with Gasteiger partial charge in [0.25, 0.3) is 0 Å². The Kier molecular flexibility index (Phi) is 0.601. The minimum Gasteiger partial charge on any atom is -0.352 e. The van der Waals surface area contributed by atoms with E-state index < -0.39 is 0 Å². The third kappa shape index (κ3) is 0.307. The number of amides is 1. The van der Waals surface area contributed by atoms with E-state index in [2.05, 4.69) is 5.32 Å². The summed E-state index contributed by atoms with van der Waals surface area (Å²) in [6.07, 6.45) is 0. The molecule has 4 rings (SSSR count). The lowest BCUT2D eigenvalue weighted by Gasteiger charge is -2.73. The summed E-state index contributed by atoms with van der Waals surface area (Å²) in [7, 11) is 0. The number of carbonyl (C=O) groups excluding carboxylic acids is 1. The molecule has 11 heavy (non-hydrogen) atoms. The SMILES string of the molecule is O=C1NC2C3C1[C@H]1[C@H](Cl)[C@@H]2[C@@H]31. The second-order valence-corrected chi connectivity index (χ2v) is 4.82. The maximum Gasteiger partial charge on any atom is 0.224 e. The predicted octanol–water partition coefficient (Wildman–Crippen LogP) is 0.214. The lowest BCUT2D eigenvalue weighted by molar-refractivity contribution is -0.225. The molecule has 2 nitrogen and oxygen atoms in total. The number of rotatable bonds is 0. The molecule has 1 N–H and O–H groups in total. The number of carbonyl (C=O) groups is 1. The van der Waals surface area contributed by atoms with E-state index in [1.54, 1.807) is 0 Å². The van der Waals surface area contributed by atoms with Crippen molar-refractivity contribution in [3.8, 4) is 0 Å². The maximum atomic E-state index is 11.3. The van der Waals surface area contributed by atoms with E-state index >= 15 is 0 Å². The second-order valence-electron chi connectivity index (χ2n) is 4.31. The highest BCUT2D eigenvalue weighted by molar-refractivity contribution is 6.22. The van der Waals surface area contributed by atoms with Crippen LogP contribution in [-0.4, -0.2) is 17.3 Å². The van der Waals surface area contributed by atoms with Crippen LogP contribution in [0, 0.1) is 29.6 Å². The van der Waals surface area contributed by atoms with Crippen LogP contribution in [0.1, 0.15) is 0 Å². The highest BCUT2D eigenvalue weighted by Crippen LogP contribution is 2.76. The Morgan fingerprint density at radius 1 is 1.18 bits per heavy atom. The Morgan fingerprint density at radius 2 is 2.00 bits per heavy atom. The van der Waals surface area contributed by atoms with Crippen molar-refractivity contribution in [2.75, 3.05) is 0 Å². The van der Waals surface area contributed by atoms with E-state index in [9.17, 15) is 4.79 Å². The summed E-state index contributed by atoms with van der Waals surface area (Å²) in [6.45, 7) is 0. The summed E-state index contributed by atoms with van der Waals surface area (Å²) >= 11 is 6.14. The van der Waals surface area contributed by atoms with Gasteiger partial charge in [-0.15, -0.1) is 11.6 Å². The van der Waals surface area contributed by atoms with Crippen LogP contribution in [0.2, 0.25) is 0 Å². The quantitative estimate of drug-likeness (QED) is 0.517. The van der Waals surface area contributed by atoms with Gasteiger partial charge in [-0.2, -0.15) is 0 Å². The van der Waals surface area contributed by atoms with Crippen LogP contribution in [0.15, 0.2) is 0 Å². The largest absolute Gasteiger partial charge is 0.352 e. The summed E-state index contributed by atoms with van der Waals surface area (Å²) in [5.41, 5.74) is 0. The van der Waals surface area contributed by atoms with Gasteiger partial charge in [0.05, 0.1) is 0 Å². The van der Waals surface area contributed by atoms with Gasteiger partial charge in [0, 0.05) is 17.3 Å². The fourth-order valence-electron chi connectivity index (χ4n) is 3.91. The molecule has 0 aromatic rings. The van der Waals surface area contributed by atoms with Gasteiger partial charge < -0.3 is 5.32 Å². The van der Waals surface area contributed by atoms with Crippen molar-refractivity contribution in [3.63, 3.8) is 0 Å². The third-order valence-corrected chi connectivity index (χ3v) is 4.92. The molecule has 7 atom stereocenters. The molecular formula is C8H8ClNO. The Balaban J connectivity index is 1.87. The highest BCUT2D eigenvalue weighted by atomic mass is 35.5. The fraction of sp³-hybridized carbons (Fsp3) is 0.875. The van der Waals surface area contributed by atoms with Crippen LogP contribution >= 0.6 is 11.6 Å². The molecule has 3 unspecified atom stereocenters. The first-order valence-corrected chi connectivity index (χ1v) is 4.69. The topological polar surface area (TPSA) is 29.1 Å². The minimum absolute atomic E-state index is 0.284. The smallest absolute Gasteiger partial charge is 0.224 e. The lowest BCUT2D eigenvalue weighted by Crippen LogP contribution is -2.79. The third-order valence-electron chi connectivity index (χ3n) is 4.34. The molecule has 1 saturated heterocycles. The Hall–Kier alpha value is -0.240. The summed E-state index contributed by atoms with van der Waals surface area (Å²) in [6, 6.07) is 0.477. The molecule has 3 saturated carbocycles. The zero-order chi connectivity index (χ0) is 7.33. The summed E-state index contributed by atoms with van der Waals surface area (Å²) in [5.74, 6) is 3.35. The van der Waals surface area contributed by atoms with Crippen LogP contribution < -0.4 is 5.32 Å². The van der Waals surface area contributed by atoms with Crippen LogP contribution in [-0.2, 0) is 4.79 Å². The number of alkyl halides is 1. The average Bonchev–Trinajstić information content (AvgIpc) is 2.12. The first kappa shape index (κ1) is 5.41. The molecule has 0 aromatic carbocycles. The summed E-state index contributed by atoms with van der Waals surface area (Å²) in [4.78, 5) is 11.3. The van der Waals surface area contributed by atoms with Gasteiger partial charge in [0.1, 0.15) is 0 Å². The molecule has 0 spiro atoms. The molecule has 1 aliphatic heterocycles. The number of hydrogen-bond acceptors (Lipinski definition) is 1. The number of halogens is 1. The normalized spacial score (nSPS) is 73.9. The Bertz CT molecular complexity index is 273. The number of nitrogens with one attached hydrogen (secondary N) is 1. The van der Waals surface area contributed by atoms with E-state index in [0.29, 0.717) is 35.1 Å². The first-order valence-electron chi connectivity index (χ1n) is 4.25. The van der Waals surface area contributed by atoms with E-state index in [1.165, 1.54) is 0 Å². The van der Waals surface area contributed by atoms with Gasteiger partial charge >= 0.3 is 0 Å². The lowest BCUT2D eigenvalue weighted by atomic mass is 9.31. The van der Waals surface area contributed by atoms with E-state index in [0.717, 1.165) is 5.92 Å². The predicted molar refractivity (Wildman–Crippen MR) is 39.0 cm³/mol. The zero-order valence-corrected chi connectivity index (χ0v) is 6.58. The average molecular weight is 170 g/mol. The molecular weight excluding hydrogens is 162 g/mol. The molecule has 1 heterocycles. The van der Waals surface area contributed by atoms with Gasteiger partial charge in [-0.25, -0.2) is 0 Å². The van der Waals surface area contributed by atoms with Crippen molar-refractivity contribution in [2.45, 2.75) is 11.4 Å². The summed E-state index contributed by atoms with van der Waals surface area (Å²) in [5, 5.41) is 3.36. The first-order chi connectivity index (χ1) is 5.30. The summed E-state index contributed by atoms with van der Waals surface area (Å²) < 4.78 is 0. The molecule has 4 fully saturated rings. The molecule has 0 aromatic heterocycles. The Morgan fingerprint density at radius 3 is 2.64 bits per heavy atom. The van der Waals surface area contributed by atoms with Crippen molar-refractivity contribution in [1.29, 1.82) is 0 Å². The standard InChI is InChI=1S/C8H8ClNO/c9-6-2-1-3-4(2)8(11)10-7(3)5(1)6/h1-7H,(H,10,11)/t1-,2+,3?,4?,5+,6+,7?/m1/s1. The monoisotopic (exact) mass is 169 g/mol. The van der Waals surface area contributed by atoms with Gasteiger partial charge in [-0.05, 0) is 23.7 Å². The molecule has 3 aliphatic carbocycles. The van der Waals surface area contributed by atoms with Crippen LogP contribution in [0.5, 0.6) is 0 Å². The number of fused-ring (bicyclic) bond motifs is 2. The van der Waals surface area contributed by atoms with Gasteiger partial charge in [0.2, 0.25) is 5.91 Å². The van der Waals surface area contributed by atoms with Crippen LogP contribution in [0.3, 0.4) is 0 Å². The minimum atomic E-state index is 0.284. The van der Waals surface area contributed by atoms with Gasteiger partial charge in [-0.1, -0.05) is 0 Å². The molecule has 4 aliphatic rings. The molecule has 3 heteroatoms. The fourth-order valence-corrected chi connectivity index (χ4v) is 4.56. The molecule has 58 valence electrons. The van der Waals surface area contributed by atoms with Crippen molar-refractivity contribution in [3.05, 3.63) is 0 Å². The molecule has 0 bridgehead atoms. The van der Waals surface area contributed by atoms with E-state index in [4.69, 9.17) is 11.6 Å².